The maximum atomic E-state index is 14.3. The van der Waals surface area contributed by atoms with Gasteiger partial charge in [0, 0.05) is 0 Å². The summed E-state index contributed by atoms with van der Waals surface area (Å²) in [4.78, 5) is 0. The molecule has 0 spiro atoms. The predicted octanol–water partition coefficient (Wildman–Crippen LogP) is 7.54. The highest BCUT2D eigenvalue weighted by Crippen LogP contribution is 2.47. The van der Waals surface area contributed by atoms with Gasteiger partial charge in [-0.1, -0.05) is 80.5 Å². The Bertz CT molecular complexity index is 1110. The molecular weight excluding hydrogens is 381 g/mol. The fraction of sp³-hybridized carbons (Fsp3) is 0.333. The van der Waals surface area contributed by atoms with Crippen molar-refractivity contribution in [3.8, 4) is 11.8 Å². The number of hydrogen-bond acceptors (Lipinski definition) is 0. The van der Waals surface area contributed by atoms with Crippen LogP contribution in [0.1, 0.15) is 56.6 Å². The highest BCUT2D eigenvalue weighted by atomic mass is 19.2. The second kappa shape index (κ2) is 8.56. The Morgan fingerprint density at radius 3 is 2.57 bits per heavy atom. The van der Waals surface area contributed by atoms with Crippen molar-refractivity contribution in [3.63, 3.8) is 0 Å². The van der Waals surface area contributed by atoms with Crippen molar-refractivity contribution in [3.05, 3.63) is 83.2 Å². The molecule has 1 fully saturated rings. The maximum absolute atomic E-state index is 14.3. The molecule has 2 unspecified atom stereocenters. The van der Waals surface area contributed by atoms with E-state index in [0.29, 0.717) is 5.92 Å². The molecule has 0 saturated heterocycles. The van der Waals surface area contributed by atoms with Crippen LogP contribution < -0.4 is 0 Å². The van der Waals surface area contributed by atoms with E-state index >= 15 is 0 Å². The van der Waals surface area contributed by atoms with E-state index in [9.17, 15) is 13.2 Å². The van der Waals surface area contributed by atoms with E-state index in [1.807, 2.05) is 12.1 Å². The molecule has 0 aliphatic heterocycles. The third kappa shape index (κ3) is 3.60. The van der Waals surface area contributed by atoms with Crippen molar-refractivity contribution in [1.82, 2.24) is 0 Å². The van der Waals surface area contributed by atoms with E-state index < -0.39 is 22.9 Å². The molecule has 1 aliphatic rings. The first-order chi connectivity index (χ1) is 14.6. The number of halogens is 3. The standard InChI is InChI=1S/C27H25F3/c1-2-8-21-11-5-6-17-27(21,18-16-20-14-15-24(28)26(30)25(20)29)23-13-7-10-19-9-3-4-12-22(19)23/h3-4,7,9-10,12-15,21H,2,5-6,8,11,17H2,1H3. The lowest BCUT2D eigenvalue weighted by Gasteiger charge is -2.42. The van der Waals surface area contributed by atoms with Crippen LogP contribution in [0.3, 0.4) is 0 Å². The van der Waals surface area contributed by atoms with Gasteiger partial charge in [-0.25, -0.2) is 13.2 Å². The third-order valence-corrected chi connectivity index (χ3v) is 6.43. The molecule has 3 aromatic rings. The van der Waals surface area contributed by atoms with Gasteiger partial charge in [-0.2, -0.15) is 0 Å². The lowest BCUT2D eigenvalue weighted by atomic mass is 9.61. The zero-order valence-electron chi connectivity index (χ0n) is 17.2. The number of rotatable bonds is 3. The molecule has 1 saturated carbocycles. The van der Waals surface area contributed by atoms with Crippen molar-refractivity contribution in [1.29, 1.82) is 0 Å². The molecule has 0 bridgehead atoms. The van der Waals surface area contributed by atoms with E-state index in [-0.39, 0.29) is 5.56 Å². The Kier molecular flexibility index (Phi) is 5.86. The number of hydrogen-bond donors (Lipinski definition) is 0. The van der Waals surface area contributed by atoms with Crippen LogP contribution in [0.5, 0.6) is 0 Å². The first-order valence-corrected chi connectivity index (χ1v) is 10.7. The summed E-state index contributed by atoms with van der Waals surface area (Å²) in [5, 5.41) is 2.30. The normalized spacial score (nSPS) is 21.3. The largest absolute Gasteiger partial charge is 0.204 e. The van der Waals surface area contributed by atoms with Crippen LogP contribution in [0.15, 0.2) is 54.6 Å². The molecule has 0 heterocycles. The monoisotopic (exact) mass is 406 g/mol. The van der Waals surface area contributed by atoms with Crippen molar-refractivity contribution < 1.29 is 13.2 Å². The van der Waals surface area contributed by atoms with Crippen LogP contribution in [0, 0.1) is 35.2 Å². The van der Waals surface area contributed by atoms with Gasteiger partial charge in [-0.3, -0.25) is 0 Å². The smallest absolute Gasteiger partial charge is 0.195 e. The summed E-state index contributed by atoms with van der Waals surface area (Å²) in [6, 6.07) is 16.7. The van der Waals surface area contributed by atoms with Crippen LogP contribution in [0.2, 0.25) is 0 Å². The summed E-state index contributed by atoms with van der Waals surface area (Å²) in [6.45, 7) is 2.17. The van der Waals surface area contributed by atoms with E-state index in [1.54, 1.807) is 0 Å². The van der Waals surface area contributed by atoms with Crippen LogP contribution >= 0.6 is 0 Å². The summed E-state index contributed by atoms with van der Waals surface area (Å²) in [5.41, 5.74) is 0.635. The predicted molar refractivity (Wildman–Crippen MR) is 116 cm³/mol. The lowest BCUT2D eigenvalue weighted by Crippen LogP contribution is -2.37. The van der Waals surface area contributed by atoms with Gasteiger partial charge < -0.3 is 0 Å². The number of fused-ring (bicyclic) bond motifs is 1. The van der Waals surface area contributed by atoms with Gasteiger partial charge in [0.1, 0.15) is 0 Å². The third-order valence-electron chi connectivity index (χ3n) is 6.43. The zero-order chi connectivity index (χ0) is 21.1. The van der Waals surface area contributed by atoms with Gasteiger partial charge in [-0.15, -0.1) is 0 Å². The topological polar surface area (TPSA) is 0 Å². The molecule has 30 heavy (non-hydrogen) atoms. The van der Waals surface area contributed by atoms with E-state index in [1.165, 1.54) is 6.07 Å². The first-order valence-electron chi connectivity index (χ1n) is 10.7. The quantitative estimate of drug-likeness (QED) is 0.311. The average Bonchev–Trinajstić information content (AvgIpc) is 2.78. The molecule has 1 aliphatic carbocycles. The Morgan fingerprint density at radius 1 is 0.933 bits per heavy atom. The van der Waals surface area contributed by atoms with Crippen molar-refractivity contribution >= 4 is 10.8 Å². The van der Waals surface area contributed by atoms with Crippen molar-refractivity contribution in [2.75, 3.05) is 0 Å². The molecule has 0 radical (unpaired) electrons. The van der Waals surface area contributed by atoms with Crippen LogP contribution in [0.4, 0.5) is 13.2 Å². The molecule has 3 aromatic carbocycles. The molecule has 2 atom stereocenters. The molecule has 4 rings (SSSR count). The van der Waals surface area contributed by atoms with Gasteiger partial charge in [0.25, 0.3) is 0 Å². The molecule has 0 aromatic heterocycles. The summed E-state index contributed by atoms with van der Waals surface area (Å²) in [7, 11) is 0. The number of benzene rings is 3. The van der Waals surface area contributed by atoms with Gasteiger partial charge in [0.15, 0.2) is 17.5 Å². The van der Waals surface area contributed by atoms with Crippen molar-refractivity contribution in [2.24, 2.45) is 5.92 Å². The summed E-state index contributed by atoms with van der Waals surface area (Å²) in [6.07, 6.45) is 6.20. The van der Waals surface area contributed by atoms with Crippen LogP contribution in [-0.2, 0) is 5.41 Å². The maximum Gasteiger partial charge on any atom is 0.195 e. The van der Waals surface area contributed by atoms with Gasteiger partial charge in [0.2, 0.25) is 0 Å². The van der Waals surface area contributed by atoms with Crippen LogP contribution in [-0.4, -0.2) is 0 Å². The lowest BCUT2D eigenvalue weighted by molar-refractivity contribution is 0.230. The average molecular weight is 406 g/mol. The highest BCUT2D eigenvalue weighted by molar-refractivity contribution is 5.87. The molecule has 154 valence electrons. The molecule has 0 nitrogen and oxygen atoms in total. The van der Waals surface area contributed by atoms with Crippen molar-refractivity contribution in [2.45, 2.75) is 50.9 Å². The van der Waals surface area contributed by atoms with E-state index in [2.05, 4.69) is 49.1 Å². The minimum absolute atomic E-state index is 0.0886. The minimum atomic E-state index is -1.46. The zero-order valence-corrected chi connectivity index (χ0v) is 17.2. The fourth-order valence-electron chi connectivity index (χ4n) is 4.99. The Hall–Kier alpha value is -2.73. The Morgan fingerprint density at radius 2 is 1.73 bits per heavy atom. The van der Waals surface area contributed by atoms with Crippen LogP contribution in [0.25, 0.3) is 10.8 Å². The molecule has 0 amide bonds. The first kappa shape index (κ1) is 20.5. The Labute approximate surface area is 176 Å². The SMILES string of the molecule is CCCC1CCCCC1(C#Cc1ccc(F)c(F)c1F)c1cccc2ccccc12. The molecular formula is C27H25F3. The minimum Gasteiger partial charge on any atom is -0.204 e. The van der Waals surface area contributed by atoms with Gasteiger partial charge in [-0.05, 0) is 53.6 Å². The summed E-state index contributed by atoms with van der Waals surface area (Å²) < 4.78 is 41.5. The van der Waals surface area contributed by atoms with Gasteiger partial charge >= 0.3 is 0 Å². The highest BCUT2D eigenvalue weighted by Gasteiger charge is 2.41. The van der Waals surface area contributed by atoms with E-state index in [4.69, 9.17) is 0 Å². The Balaban J connectivity index is 1.93. The molecule has 3 heteroatoms. The summed E-state index contributed by atoms with van der Waals surface area (Å²) >= 11 is 0. The molecule has 0 N–H and O–H groups in total. The summed E-state index contributed by atoms with van der Waals surface area (Å²) in [5.74, 6) is 2.79. The van der Waals surface area contributed by atoms with E-state index in [0.717, 1.165) is 60.9 Å². The second-order valence-corrected chi connectivity index (χ2v) is 8.20. The fourth-order valence-corrected chi connectivity index (χ4v) is 4.99. The van der Waals surface area contributed by atoms with Gasteiger partial charge in [0.05, 0.1) is 11.0 Å². The second-order valence-electron chi connectivity index (χ2n) is 8.20.